The van der Waals surface area contributed by atoms with Gasteiger partial charge >= 0.3 is 5.97 Å². The number of rotatable bonds is 8. The van der Waals surface area contributed by atoms with Gasteiger partial charge in [-0.25, -0.2) is 0 Å². The van der Waals surface area contributed by atoms with E-state index in [0.29, 0.717) is 31.5 Å². The second-order valence-corrected chi connectivity index (χ2v) is 4.09. The number of aliphatic carboxylic acids is 1. The Morgan fingerprint density at radius 1 is 1.74 bits per heavy atom. The van der Waals surface area contributed by atoms with Crippen molar-refractivity contribution in [2.24, 2.45) is 12.2 Å². The lowest BCUT2D eigenvalue weighted by Gasteiger charge is -2.13. The zero-order valence-electron chi connectivity index (χ0n) is 11.1. The van der Waals surface area contributed by atoms with Gasteiger partial charge in [0.05, 0.1) is 5.69 Å². The van der Waals surface area contributed by atoms with Gasteiger partial charge in [-0.3, -0.25) is 9.48 Å². The summed E-state index contributed by atoms with van der Waals surface area (Å²) in [5.41, 5.74) is 9.60. The summed E-state index contributed by atoms with van der Waals surface area (Å²) < 4.78 is 1.62. The highest BCUT2D eigenvalue weighted by atomic mass is 16.4. The summed E-state index contributed by atoms with van der Waals surface area (Å²) in [5.74, 6) is -0.938. The molecular formula is C11H18N6O2. The van der Waals surface area contributed by atoms with Gasteiger partial charge in [0.25, 0.3) is 0 Å². The fourth-order valence-electron chi connectivity index (χ4n) is 1.84. The molecule has 0 radical (unpaired) electrons. The maximum Gasteiger partial charge on any atom is 0.325 e. The van der Waals surface area contributed by atoms with Gasteiger partial charge in [0.2, 0.25) is 0 Å². The van der Waals surface area contributed by atoms with Crippen LogP contribution in [0, 0.1) is 0 Å². The summed E-state index contributed by atoms with van der Waals surface area (Å²) in [5, 5.41) is 19.9. The van der Waals surface area contributed by atoms with Crippen LogP contribution in [-0.4, -0.2) is 33.9 Å². The van der Waals surface area contributed by atoms with Crippen LogP contribution >= 0.6 is 0 Å². The first kappa shape index (κ1) is 15.0. The minimum atomic E-state index is -0.938. The van der Waals surface area contributed by atoms with Crippen LogP contribution in [0.5, 0.6) is 0 Å². The molecule has 0 aliphatic heterocycles. The largest absolute Gasteiger partial charge is 0.480 e. The average Bonchev–Trinajstić information content (AvgIpc) is 2.74. The third-order valence-corrected chi connectivity index (χ3v) is 2.68. The number of azide groups is 1. The van der Waals surface area contributed by atoms with Gasteiger partial charge in [-0.15, -0.1) is 0 Å². The van der Waals surface area contributed by atoms with Crippen LogP contribution in [0.3, 0.4) is 0 Å². The normalized spacial score (nSPS) is 11.9. The summed E-state index contributed by atoms with van der Waals surface area (Å²) >= 11 is 0. The van der Waals surface area contributed by atoms with Crippen LogP contribution in [0.15, 0.2) is 11.3 Å². The van der Waals surface area contributed by atoms with E-state index in [1.54, 1.807) is 17.9 Å². The van der Waals surface area contributed by atoms with Gasteiger partial charge in [-0.2, -0.15) is 5.10 Å². The molecule has 0 fully saturated rings. The average molecular weight is 266 g/mol. The molecule has 0 amide bonds. The van der Waals surface area contributed by atoms with Crippen LogP contribution < -0.4 is 5.32 Å². The summed E-state index contributed by atoms with van der Waals surface area (Å²) in [6.07, 6.45) is 2.99. The van der Waals surface area contributed by atoms with E-state index in [1.165, 1.54) is 0 Å². The van der Waals surface area contributed by atoms with Gasteiger partial charge in [-0.1, -0.05) is 12.0 Å². The molecule has 104 valence electrons. The van der Waals surface area contributed by atoms with E-state index in [2.05, 4.69) is 20.4 Å². The summed E-state index contributed by atoms with van der Waals surface area (Å²) in [7, 11) is 1.77. The third-order valence-electron chi connectivity index (χ3n) is 2.68. The Bertz CT molecular complexity index is 478. The standard InChI is InChI=1S/C11H18N6O2/c1-3-9-8(7-17(2)15-9)10(11(18)19)13-5-4-6-14-16-12/h7,10,13H,3-6H2,1-2H3,(H,18,19). The van der Waals surface area contributed by atoms with E-state index in [0.717, 1.165) is 5.69 Å². The molecule has 0 aliphatic rings. The zero-order valence-corrected chi connectivity index (χ0v) is 11.1. The van der Waals surface area contributed by atoms with E-state index in [4.69, 9.17) is 5.53 Å². The molecule has 1 unspecified atom stereocenters. The number of aromatic nitrogens is 2. The maximum atomic E-state index is 11.3. The molecule has 8 heteroatoms. The minimum Gasteiger partial charge on any atom is -0.480 e. The van der Waals surface area contributed by atoms with E-state index >= 15 is 0 Å². The first-order chi connectivity index (χ1) is 9.10. The molecule has 1 aromatic rings. The Balaban J connectivity index is 2.71. The SMILES string of the molecule is CCc1nn(C)cc1C(NCCCN=[N+]=[N-])C(=O)O. The van der Waals surface area contributed by atoms with Crippen LogP contribution in [0.4, 0.5) is 0 Å². The van der Waals surface area contributed by atoms with Gasteiger partial charge < -0.3 is 10.4 Å². The molecule has 2 N–H and O–H groups in total. The Hall–Kier alpha value is -2.05. The summed E-state index contributed by atoms with van der Waals surface area (Å²) in [6.45, 7) is 2.75. The number of carboxylic acid groups (broad SMARTS) is 1. The van der Waals surface area contributed by atoms with Gasteiger partial charge in [-0.05, 0) is 24.9 Å². The van der Waals surface area contributed by atoms with Gasteiger partial charge in [0.15, 0.2) is 0 Å². The van der Waals surface area contributed by atoms with Crippen molar-refractivity contribution in [1.82, 2.24) is 15.1 Å². The second-order valence-electron chi connectivity index (χ2n) is 4.09. The molecule has 1 rings (SSSR count). The van der Waals surface area contributed by atoms with Crippen molar-refractivity contribution in [2.75, 3.05) is 13.1 Å². The van der Waals surface area contributed by atoms with Crippen molar-refractivity contribution in [3.05, 3.63) is 27.9 Å². The molecule has 0 saturated carbocycles. The fraction of sp³-hybridized carbons (Fsp3) is 0.636. The Labute approximate surface area is 111 Å². The molecule has 0 bridgehead atoms. The quantitative estimate of drug-likeness (QED) is 0.320. The maximum absolute atomic E-state index is 11.3. The van der Waals surface area contributed by atoms with Crippen LogP contribution in [0.1, 0.15) is 30.6 Å². The highest BCUT2D eigenvalue weighted by molar-refractivity contribution is 5.75. The van der Waals surface area contributed by atoms with Crippen molar-refractivity contribution < 1.29 is 9.90 Å². The van der Waals surface area contributed by atoms with Crippen LogP contribution in [0.2, 0.25) is 0 Å². The number of aryl methyl sites for hydroxylation is 2. The molecule has 8 nitrogen and oxygen atoms in total. The number of hydrogen-bond acceptors (Lipinski definition) is 4. The van der Waals surface area contributed by atoms with E-state index in [9.17, 15) is 9.90 Å². The lowest BCUT2D eigenvalue weighted by atomic mass is 10.1. The molecular weight excluding hydrogens is 248 g/mol. The Morgan fingerprint density at radius 3 is 3.05 bits per heavy atom. The Kier molecular flexibility index (Phi) is 5.84. The van der Waals surface area contributed by atoms with E-state index < -0.39 is 12.0 Å². The molecule has 1 atom stereocenters. The molecule has 1 aromatic heterocycles. The second kappa shape index (κ2) is 7.40. The number of nitrogens with one attached hydrogen (secondary N) is 1. The van der Waals surface area contributed by atoms with Gasteiger partial charge in [0.1, 0.15) is 6.04 Å². The number of carboxylic acids is 1. The molecule has 0 saturated heterocycles. The van der Waals surface area contributed by atoms with Crippen molar-refractivity contribution in [1.29, 1.82) is 0 Å². The molecule has 0 aliphatic carbocycles. The highest BCUT2D eigenvalue weighted by Crippen LogP contribution is 2.17. The van der Waals surface area contributed by atoms with E-state index in [1.807, 2.05) is 6.92 Å². The molecule has 19 heavy (non-hydrogen) atoms. The van der Waals surface area contributed by atoms with Gasteiger partial charge in [0, 0.05) is 30.3 Å². The first-order valence-electron chi connectivity index (χ1n) is 6.09. The first-order valence-corrected chi connectivity index (χ1v) is 6.09. The fourth-order valence-corrected chi connectivity index (χ4v) is 1.84. The monoisotopic (exact) mass is 266 g/mol. The lowest BCUT2D eigenvalue weighted by molar-refractivity contribution is -0.139. The van der Waals surface area contributed by atoms with Crippen molar-refractivity contribution in [3.8, 4) is 0 Å². The summed E-state index contributed by atoms with van der Waals surface area (Å²) in [4.78, 5) is 14.0. The van der Waals surface area contributed by atoms with Crippen LogP contribution in [-0.2, 0) is 18.3 Å². The van der Waals surface area contributed by atoms with Crippen molar-refractivity contribution >= 4 is 5.97 Å². The minimum absolute atomic E-state index is 0.351. The summed E-state index contributed by atoms with van der Waals surface area (Å²) in [6, 6.07) is -0.783. The third kappa shape index (κ3) is 4.27. The van der Waals surface area contributed by atoms with Crippen molar-refractivity contribution in [2.45, 2.75) is 25.8 Å². The highest BCUT2D eigenvalue weighted by Gasteiger charge is 2.23. The number of carbonyl (C=O) groups is 1. The predicted molar refractivity (Wildman–Crippen MR) is 69.6 cm³/mol. The molecule has 0 aromatic carbocycles. The van der Waals surface area contributed by atoms with Crippen molar-refractivity contribution in [3.63, 3.8) is 0 Å². The molecule has 0 spiro atoms. The molecule has 1 heterocycles. The lowest BCUT2D eigenvalue weighted by Crippen LogP contribution is -2.30. The predicted octanol–water partition coefficient (Wildman–Crippen LogP) is 1.40. The zero-order chi connectivity index (χ0) is 14.3. The number of nitrogens with zero attached hydrogens (tertiary/aromatic N) is 5. The van der Waals surface area contributed by atoms with E-state index in [-0.39, 0.29) is 0 Å². The Morgan fingerprint density at radius 2 is 2.47 bits per heavy atom. The topological polar surface area (TPSA) is 116 Å². The number of hydrogen-bond donors (Lipinski definition) is 2. The smallest absolute Gasteiger partial charge is 0.325 e. The van der Waals surface area contributed by atoms with Crippen LogP contribution in [0.25, 0.3) is 10.4 Å².